The second-order valence-corrected chi connectivity index (χ2v) is 7.09. The lowest BCUT2D eigenvalue weighted by Gasteiger charge is -2.27. The van der Waals surface area contributed by atoms with Gasteiger partial charge in [0.2, 0.25) is 0 Å². The van der Waals surface area contributed by atoms with E-state index in [4.69, 9.17) is 9.47 Å². The lowest BCUT2D eigenvalue weighted by atomic mass is 10.2. The van der Waals surface area contributed by atoms with E-state index < -0.39 is 0 Å². The zero-order valence-electron chi connectivity index (χ0n) is 15.5. The summed E-state index contributed by atoms with van der Waals surface area (Å²) >= 11 is 1.84. The minimum Gasteiger partial charge on any atom is -0.382 e. The second-order valence-electron chi connectivity index (χ2n) is 6.11. The summed E-state index contributed by atoms with van der Waals surface area (Å²) in [6, 6.07) is 4.81. The highest BCUT2D eigenvalue weighted by atomic mass is 32.1. The zero-order valence-corrected chi connectivity index (χ0v) is 16.3. The van der Waals surface area contributed by atoms with Gasteiger partial charge in [0.1, 0.15) is 0 Å². The molecular formula is C18H32N4O2S. The fraction of sp³-hybridized carbons (Fsp3) is 0.722. The SMILES string of the molecule is CN=C(NCCCOCCOC)NCC(c1cccs1)N1CCCC1. The monoisotopic (exact) mass is 368 g/mol. The van der Waals surface area contributed by atoms with Gasteiger partial charge in [-0.1, -0.05) is 6.07 Å². The van der Waals surface area contributed by atoms with Crippen molar-refractivity contribution < 1.29 is 9.47 Å². The Morgan fingerprint density at radius 3 is 2.80 bits per heavy atom. The Morgan fingerprint density at radius 1 is 1.28 bits per heavy atom. The fourth-order valence-electron chi connectivity index (χ4n) is 2.98. The van der Waals surface area contributed by atoms with Gasteiger partial charge in [0.15, 0.2) is 5.96 Å². The number of nitrogens with zero attached hydrogens (tertiary/aromatic N) is 2. The summed E-state index contributed by atoms with van der Waals surface area (Å²) in [5.74, 6) is 0.859. The van der Waals surface area contributed by atoms with E-state index in [0.29, 0.717) is 19.3 Å². The number of thiophene rings is 1. The smallest absolute Gasteiger partial charge is 0.191 e. The summed E-state index contributed by atoms with van der Waals surface area (Å²) in [5.41, 5.74) is 0. The van der Waals surface area contributed by atoms with Gasteiger partial charge in [-0.25, -0.2) is 0 Å². The van der Waals surface area contributed by atoms with Gasteiger partial charge in [0, 0.05) is 38.7 Å². The highest BCUT2D eigenvalue weighted by Gasteiger charge is 2.24. The molecule has 1 fully saturated rings. The van der Waals surface area contributed by atoms with E-state index in [1.807, 2.05) is 18.4 Å². The molecule has 1 aromatic rings. The van der Waals surface area contributed by atoms with Crippen LogP contribution in [0.15, 0.2) is 22.5 Å². The standard InChI is InChI=1S/C18H32N4O2S/c1-19-18(20-8-6-11-24-13-12-23-2)21-15-16(17-7-5-14-25-17)22-9-3-4-10-22/h5,7,14,16H,3-4,6,8-13,15H2,1-2H3,(H2,19,20,21). The summed E-state index contributed by atoms with van der Waals surface area (Å²) in [4.78, 5) is 8.34. The van der Waals surface area contributed by atoms with Gasteiger partial charge in [0.25, 0.3) is 0 Å². The Labute approximate surface area is 155 Å². The minimum absolute atomic E-state index is 0.429. The van der Waals surface area contributed by atoms with Gasteiger partial charge in [-0.15, -0.1) is 11.3 Å². The van der Waals surface area contributed by atoms with Crippen molar-refractivity contribution in [3.8, 4) is 0 Å². The Balaban J connectivity index is 1.70. The van der Waals surface area contributed by atoms with Crippen molar-refractivity contribution >= 4 is 17.3 Å². The van der Waals surface area contributed by atoms with Crippen molar-refractivity contribution in [1.82, 2.24) is 15.5 Å². The molecule has 142 valence electrons. The van der Waals surface area contributed by atoms with Crippen molar-refractivity contribution in [2.75, 3.05) is 60.2 Å². The molecular weight excluding hydrogens is 336 g/mol. The van der Waals surface area contributed by atoms with Crippen LogP contribution in [0, 0.1) is 0 Å². The van der Waals surface area contributed by atoms with Crippen LogP contribution in [0.2, 0.25) is 0 Å². The van der Waals surface area contributed by atoms with E-state index in [1.54, 1.807) is 7.11 Å². The molecule has 0 spiro atoms. The zero-order chi connectivity index (χ0) is 17.7. The average Bonchev–Trinajstić information content (AvgIpc) is 3.33. The number of methoxy groups -OCH3 is 1. The third-order valence-corrected chi connectivity index (χ3v) is 5.30. The van der Waals surface area contributed by atoms with Crippen LogP contribution in [0.1, 0.15) is 30.2 Å². The average molecular weight is 369 g/mol. The van der Waals surface area contributed by atoms with E-state index in [0.717, 1.165) is 32.1 Å². The number of rotatable bonds is 11. The second kappa shape index (κ2) is 12.2. The number of nitrogens with one attached hydrogen (secondary N) is 2. The van der Waals surface area contributed by atoms with Gasteiger partial charge in [-0.3, -0.25) is 9.89 Å². The van der Waals surface area contributed by atoms with Crippen LogP contribution in [0.3, 0.4) is 0 Å². The third-order valence-electron chi connectivity index (χ3n) is 4.33. The van der Waals surface area contributed by atoms with Crippen LogP contribution in [0.5, 0.6) is 0 Å². The Hall–Kier alpha value is -1.15. The molecule has 7 heteroatoms. The molecule has 2 N–H and O–H groups in total. The van der Waals surface area contributed by atoms with Crippen molar-refractivity contribution in [3.63, 3.8) is 0 Å². The number of likely N-dealkylation sites (tertiary alicyclic amines) is 1. The summed E-state index contributed by atoms with van der Waals surface area (Å²) in [5, 5.41) is 9.01. The van der Waals surface area contributed by atoms with Gasteiger partial charge < -0.3 is 20.1 Å². The highest BCUT2D eigenvalue weighted by Crippen LogP contribution is 2.27. The Bertz CT molecular complexity index is 475. The van der Waals surface area contributed by atoms with Crippen LogP contribution >= 0.6 is 11.3 Å². The summed E-state index contributed by atoms with van der Waals surface area (Å²) in [6.45, 7) is 6.15. The first kappa shape index (κ1) is 20.2. The molecule has 0 amide bonds. The molecule has 2 heterocycles. The minimum atomic E-state index is 0.429. The molecule has 1 aliphatic rings. The molecule has 1 aliphatic heterocycles. The topological polar surface area (TPSA) is 58.1 Å². The number of ether oxygens (including phenoxy) is 2. The van der Waals surface area contributed by atoms with Gasteiger partial charge in [0.05, 0.1) is 19.3 Å². The molecule has 0 radical (unpaired) electrons. The van der Waals surface area contributed by atoms with E-state index in [-0.39, 0.29) is 0 Å². The quantitative estimate of drug-likeness (QED) is 0.356. The van der Waals surface area contributed by atoms with E-state index >= 15 is 0 Å². The Kier molecular flexibility index (Phi) is 9.88. The molecule has 1 aromatic heterocycles. The number of guanidine groups is 1. The first-order valence-corrected chi connectivity index (χ1v) is 10.0. The normalized spacial score (nSPS) is 17.0. The summed E-state index contributed by atoms with van der Waals surface area (Å²) in [7, 11) is 3.51. The molecule has 0 aromatic carbocycles. The maximum Gasteiger partial charge on any atom is 0.191 e. The largest absolute Gasteiger partial charge is 0.382 e. The first-order valence-electron chi connectivity index (χ1n) is 9.13. The van der Waals surface area contributed by atoms with Crippen molar-refractivity contribution in [3.05, 3.63) is 22.4 Å². The third kappa shape index (κ3) is 7.32. The van der Waals surface area contributed by atoms with Crippen molar-refractivity contribution in [2.45, 2.75) is 25.3 Å². The molecule has 6 nitrogen and oxygen atoms in total. The number of hydrogen-bond donors (Lipinski definition) is 2. The highest BCUT2D eigenvalue weighted by molar-refractivity contribution is 7.10. The molecule has 2 rings (SSSR count). The van der Waals surface area contributed by atoms with E-state index in [1.165, 1.54) is 30.8 Å². The number of hydrogen-bond acceptors (Lipinski definition) is 5. The molecule has 1 atom stereocenters. The van der Waals surface area contributed by atoms with E-state index in [2.05, 4.69) is 38.0 Å². The van der Waals surface area contributed by atoms with Crippen LogP contribution in [0.4, 0.5) is 0 Å². The molecule has 1 unspecified atom stereocenters. The number of aliphatic imine (C=N–C) groups is 1. The predicted octanol–water partition coefficient (Wildman–Crippen LogP) is 2.10. The van der Waals surface area contributed by atoms with Crippen molar-refractivity contribution in [2.24, 2.45) is 4.99 Å². The Morgan fingerprint density at radius 2 is 2.12 bits per heavy atom. The van der Waals surface area contributed by atoms with Gasteiger partial charge in [-0.05, 0) is 43.8 Å². The molecule has 25 heavy (non-hydrogen) atoms. The summed E-state index contributed by atoms with van der Waals surface area (Å²) in [6.07, 6.45) is 3.56. The van der Waals surface area contributed by atoms with Crippen LogP contribution < -0.4 is 10.6 Å². The fourth-order valence-corrected chi connectivity index (χ4v) is 3.84. The summed E-state index contributed by atoms with van der Waals surface area (Å²) < 4.78 is 10.4. The van der Waals surface area contributed by atoms with E-state index in [9.17, 15) is 0 Å². The maximum absolute atomic E-state index is 5.47. The molecule has 1 saturated heterocycles. The van der Waals surface area contributed by atoms with Crippen LogP contribution in [-0.2, 0) is 9.47 Å². The molecule has 0 aliphatic carbocycles. The van der Waals surface area contributed by atoms with Crippen LogP contribution in [0.25, 0.3) is 0 Å². The lowest BCUT2D eigenvalue weighted by Crippen LogP contribution is -2.42. The molecule has 0 saturated carbocycles. The lowest BCUT2D eigenvalue weighted by molar-refractivity contribution is 0.0698. The van der Waals surface area contributed by atoms with Crippen molar-refractivity contribution in [1.29, 1.82) is 0 Å². The van der Waals surface area contributed by atoms with Crippen LogP contribution in [-0.4, -0.2) is 71.0 Å². The van der Waals surface area contributed by atoms with Gasteiger partial charge in [-0.2, -0.15) is 0 Å². The first-order chi connectivity index (χ1) is 12.3. The maximum atomic E-state index is 5.47. The predicted molar refractivity (Wildman–Crippen MR) is 105 cm³/mol. The van der Waals surface area contributed by atoms with Gasteiger partial charge >= 0.3 is 0 Å². The molecule has 0 bridgehead atoms.